The Morgan fingerprint density at radius 1 is 1.42 bits per heavy atom. The average Bonchev–Trinajstić information content (AvgIpc) is 2.41. The molecule has 1 N–H and O–H groups in total. The van der Waals surface area contributed by atoms with Gasteiger partial charge in [0.1, 0.15) is 0 Å². The van der Waals surface area contributed by atoms with Gasteiger partial charge in [-0.05, 0) is 37.4 Å². The summed E-state index contributed by atoms with van der Waals surface area (Å²) in [5, 5.41) is 4.48. The van der Waals surface area contributed by atoms with Crippen molar-refractivity contribution in [1.29, 1.82) is 0 Å². The van der Waals surface area contributed by atoms with E-state index >= 15 is 0 Å². The van der Waals surface area contributed by atoms with Crippen LogP contribution in [0.25, 0.3) is 0 Å². The molecular weight excluding hydrogens is 256 g/mol. The van der Waals surface area contributed by atoms with Crippen molar-refractivity contribution in [2.24, 2.45) is 5.92 Å². The quantitative estimate of drug-likeness (QED) is 0.904. The zero-order chi connectivity index (χ0) is 13.8. The van der Waals surface area contributed by atoms with Crippen LogP contribution in [0.2, 0.25) is 5.02 Å². The zero-order valence-electron chi connectivity index (χ0n) is 12.2. The lowest BCUT2D eigenvalue weighted by Gasteiger charge is -2.40. The van der Waals surface area contributed by atoms with E-state index in [-0.39, 0.29) is 0 Å². The first-order chi connectivity index (χ1) is 9.13. The standard InChI is InChI=1S/C16H25ClN2/c1-4-18-16-9-10-19(11-12(16)2)13(3)14-7-5-6-8-15(14)17/h5-8,12-13,16,18H,4,9-11H2,1-3H3. The molecule has 1 saturated heterocycles. The van der Waals surface area contributed by atoms with Crippen LogP contribution in [0.5, 0.6) is 0 Å². The Labute approximate surface area is 122 Å². The van der Waals surface area contributed by atoms with E-state index in [4.69, 9.17) is 11.6 Å². The molecule has 19 heavy (non-hydrogen) atoms. The van der Waals surface area contributed by atoms with Gasteiger partial charge in [-0.3, -0.25) is 4.90 Å². The van der Waals surface area contributed by atoms with Crippen molar-refractivity contribution >= 4 is 11.6 Å². The van der Waals surface area contributed by atoms with Crippen molar-refractivity contribution in [1.82, 2.24) is 10.2 Å². The van der Waals surface area contributed by atoms with Gasteiger partial charge in [0.05, 0.1) is 0 Å². The highest BCUT2D eigenvalue weighted by atomic mass is 35.5. The number of nitrogens with one attached hydrogen (secondary N) is 1. The highest BCUT2D eigenvalue weighted by molar-refractivity contribution is 6.31. The summed E-state index contributed by atoms with van der Waals surface area (Å²) in [6.07, 6.45) is 1.23. The molecule has 2 nitrogen and oxygen atoms in total. The highest BCUT2D eigenvalue weighted by Crippen LogP contribution is 2.30. The Kier molecular flexibility index (Phi) is 5.26. The predicted molar refractivity (Wildman–Crippen MR) is 82.7 cm³/mol. The van der Waals surface area contributed by atoms with Gasteiger partial charge < -0.3 is 5.32 Å². The van der Waals surface area contributed by atoms with Gasteiger partial charge in [-0.15, -0.1) is 0 Å². The number of hydrogen-bond donors (Lipinski definition) is 1. The lowest BCUT2D eigenvalue weighted by Crippen LogP contribution is -2.48. The van der Waals surface area contributed by atoms with E-state index in [2.05, 4.69) is 43.1 Å². The van der Waals surface area contributed by atoms with Crippen molar-refractivity contribution in [2.45, 2.75) is 39.3 Å². The van der Waals surface area contributed by atoms with Gasteiger partial charge in [0.25, 0.3) is 0 Å². The zero-order valence-corrected chi connectivity index (χ0v) is 13.0. The maximum Gasteiger partial charge on any atom is 0.0453 e. The van der Waals surface area contributed by atoms with E-state index in [1.54, 1.807) is 0 Å². The summed E-state index contributed by atoms with van der Waals surface area (Å²) >= 11 is 6.31. The van der Waals surface area contributed by atoms with Crippen LogP contribution < -0.4 is 5.32 Å². The molecule has 0 saturated carbocycles. The fourth-order valence-corrected chi connectivity index (χ4v) is 3.40. The second kappa shape index (κ2) is 6.74. The Morgan fingerprint density at radius 2 is 2.16 bits per heavy atom. The van der Waals surface area contributed by atoms with E-state index in [1.165, 1.54) is 12.0 Å². The van der Waals surface area contributed by atoms with Crippen LogP contribution in [0.3, 0.4) is 0 Å². The van der Waals surface area contributed by atoms with Crippen LogP contribution in [0.15, 0.2) is 24.3 Å². The molecule has 3 unspecified atom stereocenters. The molecule has 0 amide bonds. The van der Waals surface area contributed by atoms with Crippen molar-refractivity contribution in [3.63, 3.8) is 0 Å². The van der Waals surface area contributed by atoms with Crippen LogP contribution in [0.4, 0.5) is 0 Å². The Bertz CT molecular complexity index is 407. The molecule has 1 aromatic rings. The van der Waals surface area contributed by atoms with Crippen molar-refractivity contribution < 1.29 is 0 Å². The fraction of sp³-hybridized carbons (Fsp3) is 0.625. The molecule has 0 aliphatic carbocycles. The molecule has 3 atom stereocenters. The predicted octanol–water partition coefficient (Wildman–Crippen LogP) is 3.72. The van der Waals surface area contributed by atoms with Crippen molar-refractivity contribution in [3.05, 3.63) is 34.9 Å². The van der Waals surface area contributed by atoms with Crippen LogP contribution in [-0.4, -0.2) is 30.6 Å². The van der Waals surface area contributed by atoms with E-state index in [1.807, 2.05) is 12.1 Å². The molecule has 3 heteroatoms. The number of rotatable bonds is 4. The summed E-state index contributed by atoms with van der Waals surface area (Å²) in [5.41, 5.74) is 1.25. The minimum absolute atomic E-state index is 0.402. The molecule has 0 aromatic heterocycles. The largest absolute Gasteiger partial charge is 0.314 e. The van der Waals surface area contributed by atoms with E-state index in [0.29, 0.717) is 18.0 Å². The number of hydrogen-bond acceptors (Lipinski definition) is 2. The van der Waals surface area contributed by atoms with Crippen molar-refractivity contribution in [2.75, 3.05) is 19.6 Å². The van der Waals surface area contributed by atoms with Gasteiger partial charge in [0.2, 0.25) is 0 Å². The summed E-state index contributed by atoms with van der Waals surface area (Å²) < 4.78 is 0. The lowest BCUT2D eigenvalue weighted by molar-refractivity contribution is 0.112. The van der Waals surface area contributed by atoms with Gasteiger partial charge in [-0.2, -0.15) is 0 Å². The minimum atomic E-state index is 0.402. The molecule has 0 radical (unpaired) electrons. The van der Waals surface area contributed by atoms with Gasteiger partial charge in [0.15, 0.2) is 0 Å². The molecule has 1 aliphatic heterocycles. The van der Waals surface area contributed by atoms with Crippen LogP contribution in [-0.2, 0) is 0 Å². The van der Waals surface area contributed by atoms with Gasteiger partial charge in [-0.1, -0.05) is 43.6 Å². The van der Waals surface area contributed by atoms with Crippen LogP contribution in [0.1, 0.15) is 38.8 Å². The molecule has 1 aromatic carbocycles. The summed E-state index contributed by atoms with van der Waals surface area (Å²) in [5.74, 6) is 0.693. The number of benzene rings is 1. The Morgan fingerprint density at radius 3 is 2.79 bits per heavy atom. The van der Waals surface area contributed by atoms with E-state index in [0.717, 1.165) is 24.7 Å². The number of piperidine rings is 1. The first kappa shape index (κ1) is 14.8. The molecule has 1 aliphatic rings. The molecule has 1 heterocycles. The molecular formula is C16H25ClN2. The smallest absolute Gasteiger partial charge is 0.0453 e. The molecule has 0 spiro atoms. The minimum Gasteiger partial charge on any atom is -0.314 e. The SMILES string of the molecule is CCNC1CCN(C(C)c2ccccc2Cl)CC1C. The third-order valence-electron chi connectivity index (χ3n) is 4.31. The summed E-state index contributed by atoms with van der Waals surface area (Å²) in [6, 6.07) is 9.28. The third-order valence-corrected chi connectivity index (χ3v) is 4.65. The van der Waals surface area contributed by atoms with Gasteiger partial charge in [0, 0.05) is 30.2 Å². The number of likely N-dealkylation sites (tertiary alicyclic amines) is 1. The van der Waals surface area contributed by atoms with Gasteiger partial charge in [-0.25, -0.2) is 0 Å². The lowest BCUT2D eigenvalue weighted by atomic mass is 9.92. The maximum absolute atomic E-state index is 6.31. The molecule has 106 valence electrons. The molecule has 1 fully saturated rings. The average molecular weight is 281 g/mol. The summed E-state index contributed by atoms with van der Waals surface area (Å²) in [4.78, 5) is 2.56. The second-order valence-corrected chi connectivity index (χ2v) is 6.03. The topological polar surface area (TPSA) is 15.3 Å². The van der Waals surface area contributed by atoms with Crippen LogP contribution in [0, 0.1) is 5.92 Å². The Balaban J connectivity index is 2.02. The van der Waals surface area contributed by atoms with Gasteiger partial charge >= 0.3 is 0 Å². The molecule has 2 rings (SSSR count). The fourth-order valence-electron chi connectivity index (χ4n) is 3.11. The summed E-state index contributed by atoms with van der Waals surface area (Å²) in [6.45, 7) is 10.2. The first-order valence-corrected chi connectivity index (χ1v) is 7.73. The summed E-state index contributed by atoms with van der Waals surface area (Å²) in [7, 11) is 0. The normalized spacial score (nSPS) is 26.3. The third kappa shape index (κ3) is 3.50. The number of halogens is 1. The van der Waals surface area contributed by atoms with E-state index < -0.39 is 0 Å². The second-order valence-electron chi connectivity index (χ2n) is 5.62. The van der Waals surface area contributed by atoms with E-state index in [9.17, 15) is 0 Å². The number of nitrogens with zero attached hydrogens (tertiary/aromatic N) is 1. The molecule has 0 bridgehead atoms. The monoisotopic (exact) mass is 280 g/mol. The van der Waals surface area contributed by atoms with Crippen molar-refractivity contribution in [3.8, 4) is 0 Å². The Hall–Kier alpha value is -0.570. The van der Waals surface area contributed by atoms with Crippen LogP contribution >= 0.6 is 11.6 Å². The maximum atomic E-state index is 6.31. The first-order valence-electron chi connectivity index (χ1n) is 7.35. The highest BCUT2D eigenvalue weighted by Gasteiger charge is 2.28.